The van der Waals surface area contributed by atoms with Gasteiger partial charge in [-0.2, -0.15) is 0 Å². The van der Waals surface area contributed by atoms with E-state index in [1.165, 1.54) is 5.57 Å². The number of hydrogen-bond donors (Lipinski definition) is 1. The van der Waals surface area contributed by atoms with Gasteiger partial charge in [0.15, 0.2) is 0 Å². The van der Waals surface area contributed by atoms with Gasteiger partial charge in [-0.25, -0.2) is 0 Å². The first kappa shape index (κ1) is 11.2. The van der Waals surface area contributed by atoms with Crippen molar-refractivity contribution in [1.29, 1.82) is 0 Å². The Balaban J connectivity index is 3.76. The van der Waals surface area contributed by atoms with Gasteiger partial charge in [0.2, 0.25) is 0 Å². The van der Waals surface area contributed by atoms with Crippen LogP contribution in [0.1, 0.15) is 13.3 Å². The van der Waals surface area contributed by atoms with Crippen molar-refractivity contribution in [3.05, 3.63) is 37.0 Å². The molecule has 0 aliphatic carbocycles. The number of rotatable bonds is 6. The fourth-order valence-electron chi connectivity index (χ4n) is 0.902. The van der Waals surface area contributed by atoms with Crippen LogP contribution in [0.15, 0.2) is 37.0 Å². The molecule has 0 aromatic rings. The molecule has 0 rings (SSSR count). The predicted octanol–water partition coefficient (Wildman–Crippen LogP) is 2.53. The van der Waals surface area contributed by atoms with Crippen LogP contribution in [0.2, 0.25) is 0 Å². The third kappa shape index (κ3) is 4.91. The first-order valence-corrected chi connectivity index (χ1v) is 4.34. The molecule has 0 saturated heterocycles. The van der Waals surface area contributed by atoms with Crippen molar-refractivity contribution in [1.82, 2.24) is 5.32 Å². The predicted molar refractivity (Wildman–Crippen MR) is 56.2 cm³/mol. The Labute approximate surface area is 75.9 Å². The molecule has 1 N–H and O–H groups in total. The Kier molecular flexibility index (Phi) is 6.39. The van der Waals surface area contributed by atoms with Crippen molar-refractivity contribution in [2.75, 3.05) is 13.6 Å². The first-order valence-electron chi connectivity index (χ1n) is 4.34. The monoisotopic (exact) mass is 165 g/mol. The molecule has 0 spiro atoms. The largest absolute Gasteiger partial charge is 0.320 e. The van der Waals surface area contributed by atoms with E-state index in [0.717, 1.165) is 13.0 Å². The highest BCUT2D eigenvalue weighted by Crippen LogP contribution is 2.12. The van der Waals surface area contributed by atoms with Crippen LogP contribution >= 0.6 is 0 Å². The van der Waals surface area contributed by atoms with Gasteiger partial charge >= 0.3 is 0 Å². The molecule has 0 aromatic heterocycles. The van der Waals surface area contributed by atoms with E-state index >= 15 is 0 Å². The molecule has 0 heterocycles. The average molecular weight is 165 g/mol. The molecule has 68 valence electrons. The van der Waals surface area contributed by atoms with E-state index in [4.69, 9.17) is 0 Å². The number of hydrogen-bond acceptors (Lipinski definition) is 1. The number of nitrogens with one attached hydrogen (secondary N) is 1. The lowest BCUT2D eigenvalue weighted by molar-refractivity contribution is 0.595. The molecule has 0 bridgehead atoms. The fraction of sp³-hybridized carbons (Fsp3) is 0.455. The average Bonchev–Trinajstić information content (AvgIpc) is 2.10. The highest BCUT2D eigenvalue weighted by atomic mass is 14.8. The zero-order chi connectivity index (χ0) is 9.40. The Morgan fingerprint density at radius 2 is 2.25 bits per heavy atom. The van der Waals surface area contributed by atoms with E-state index in [2.05, 4.69) is 25.4 Å². The van der Waals surface area contributed by atoms with E-state index in [-0.39, 0.29) is 0 Å². The zero-order valence-corrected chi connectivity index (χ0v) is 8.14. The lowest BCUT2D eigenvalue weighted by atomic mass is 9.99. The normalized spacial score (nSPS) is 13.2. The SMILES string of the molecule is C=C/C=C\C(=C)C(C)CCNC. The fourth-order valence-corrected chi connectivity index (χ4v) is 0.902. The standard InChI is InChI=1S/C11H19N/c1-5-6-7-10(2)11(3)8-9-12-4/h5-7,11-12H,1-2,8-9H2,3-4H3/b7-6-. The van der Waals surface area contributed by atoms with Gasteiger partial charge in [0.05, 0.1) is 0 Å². The van der Waals surface area contributed by atoms with Crippen LogP contribution in [0.25, 0.3) is 0 Å². The van der Waals surface area contributed by atoms with Crippen LogP contribution in [-0.4, -0.2) is 13.6 Å². The number of allylic oxidation sites excluding steroid dienone is 4. The van der Waals surface area contributed by atoms with Crippen LogP contribution < -0.4 is 5.32 Å². The van der Waals surface area contributed by atoms with Gasteiger partial charge in [-0.15, -0.1) is 0 Å². The minimum absolute atomic E-state index is 0.550. The van der Waals surface area contributed by atoms with Gasteiger partial charge in [0.25, 0.3) is 0 Å². The lowest BCUT2D eigenvalue weighted by Crippen LogP contribution is -2.11. The molecule has 1 heteroatoms. The Morgan fingerprint density at radius 1 is 1.58 bits per heavy atom. The van der Waals surface area contributed by atoms with Gasteiger partial charge in [0.1, 0.15) is 0 Å². The summed E-state index contributed by atoms with van der Waals surface area (Å²) in [5.41, 5.74) is 1.17. The van der Waals surface area contributed by atoms with E-state index in [1.807, 2.05) is 19.2 Å². The third-order valence-corrected chi connectivity index (χ3v) is 1.91. The minimum atomic E-state index is 0.550. The Hall–Kier alpha value is -0.820. The molecule has 0 radical (unpaired) electrons. The van der Waals surface area contributed by atoms with Crippen LogP contribution in [0.5, 0.6) is 0 Å². The molecule has 1 unspecified atom stereocenters. The van der Waals surface area contributed by atoms with Crippen LogP contribution in [-0.2, 0) is 0 Å². The highest BCUT2D eigenvalue weighted by molar-refractivity contribution is 5.20. The van der Waals surface area contributed by atoms with Crippen LogP contribution in [0.3, 0.4) is 0 Å². The molecular weight excluding hydrogens is 146 g/mol. The molecule has 0 saturated carbocycles. The highest BCUT2D eigenvalue weighted by Gasteiger charge is 2.01. The van der Waals surface area contributed by atoms with Crippen molar-refractivity contribution >= 4 is 0 Å². The van der Waals surface area contributed by atoms with Gasteiger partial charge in [-0.3, -0.25) is 0 Å². The maximum absolute atomic E-state index is 3.98. The molecule has 0 aromatic carbocycles. The summed E-state index contributed by atoms with van der Waals surface area (Å²) in [6.07, 6.45) is 6.86. The van der Waals surface area contributed by atoms with Crippen LogP contribution in [0, 0.1) is 5.92 Å². The maximum Gasteiger partial charge on any atom is -0.00462 e. The maximum atomic E-state index is 3.98. The summed E-state index contributed by atoms with van der Waals surface area (Å²) < 4.78 is 0. The summed E-state index contributed by atoms with van der Waals surface area (Å²) in [7, 11) is 1.97. The molecular formula is C11H19N. The summed E-state index contributed by atoms with van der Waals surface area (Å²) in [5, 5.41) is 3.12. The third-order valence-electron chi connectivity index (χ3n) is 1.91. The topological polar surface area (TPSA) is 12.0 Å². The summed E-state index contributed by atoms with van der Waals surface area (Å²) in [5.74, 6) is 0.550. The second kappa shape index (κ2) is 6.86. The van der Waals surface area contributed by atoms with E-state index in [0.29, 0.717) is 5.92 Å². The van der Waals surface area contributed by atoms with Crippen molar-refractivity contribution in [3.8, 4) is 0 Å². The summed E-state index contributed by atoms with van der Waals surface area (Å²) >= 11 is 0. The lowest BCUT2D eigenvalue weighted by Gasteiger charge is -2.10. The second-order valence-corrected chi connectivity index (χ2v) is 2.96. The van der Waals surface area contributed by atoms with E-state index < -0.39 is 0 Å². The molecule has 0 aliphatic heterocycles. The van der Waals surface area contributed by atoms with Crippen molar-refractivity contribution in [2.45, 2.75) is 13.3 Å². The summed E-state index contributed by atoms with van der Waals surface area (Å²) in [4.78, 5) is 0. The zero-order valence-electron chi connectivity index (χ0n) is 8.14. The molecule has 1 nitrogen and oxygen atoms in total. The second-order valence-electron chi connectivity index (χ2n) is 2.96. The van der Waals surface area contributed by atoms with Gasteiger partial charge in [-0.1, -0.05) is 43.9 Å². The Morgan fingerprint density at radius 3 is 2.75 bits per heavy atom. The van der Waals surface area contributed by atoms with Gasteiger partial charge < -0.3 is 5.32 Å². The summed E-state index contributed by atoms with van der Waals surface area (Å²) in [6.45, 7) is 10.8. The van der Waals surface area contributed by atoms with E-state index in [1.54, 1.807) is 6.08 Å². The van der Waals surface area contributed by atoms with Crippen molar-refractivity contribution < 1.29 is 0 Å². The summed E-state index contributed by atoms with van der Waals surface area (Å²) in [6, 6.07) is 0. The molecule has 0 amide bonds. The van der Waals surface area contributed by atoms with Gasteiger partial charge in [-0.05, 0) is 25.9 Å². The van der Waals surface area contributed by atoms with E-state index in [9.17, 15) is 0 Å². The van der Waals surface area contributed by atoms with Crippen molar-refractivity contribution in [2.24, 2.45) is 5.92 Å². The molecule has 1 atom stereocenters. The minimum Gasteiger partial charge on any atom is -0.320 e. The smallest absolute Gasteiger partial charge is 0.00462 e. The Bertz CT molecular complexity index is 168. The molecule has 0 aliphatic rings. The van der Waals surface area contributed by atoms with Crippen LogP contribution in [0.4, 0.5) is 0 Å². The van der Waals surface area contributed by atoms with Gasteiger partial charge in [0, 0.05) is 0 Å². The molecule has 12 heavy (non-hydrogen) atoms. The first-order chi connectivity index (χ1) is 5.72. The van der Waals surface area contributed by atoms with Crippen molar-refractivity contribution in [3.63, 3.8) is 0 Å². The molecule has 0 fully saturated rings. The quantitative estimate of drug-likeness (QED) is 0.596.